The van der Waals surface area contributed by atoms with E-state index >= 15 is 0 Å². The first kappa shape index (κ1) is 19.5. The van der Waals surface area contributed by atoms with Crippen molar-refractivity contribution in [2.24, 2.45) is 0 Å². The molecular formula is C19H24ClN3OS. The molecule has 2 rings (SSSR count). The van der Waals surface area contributed by atoms with Gasteiger partial charge in [0.05, 0.1) is 13.2 Å². The number of rotatable bonds is 6. The highest BCUT2D eigenvalue weighted by molar-refractivity contribution is 7.80. The molecule has 0 bridgehead atoms. The van der Waals surface area contributed by atoms with Crippen LogP contribution in [0.5, 0.6) is 5.75 Å². The molecule has 2 N–H and O–H groups in total. The number of methoxy groups -OCH3 is 1. The van der Waals surface area contributed by atoms with Gasteiger partial charge >= 0.3 is 0 Å². The highest BCUT2D eigenvalue weighted by Crippen LogP contribution is 2.27. The maximum absolute atomic E-state index is 6.16. The molecule has 0 heterocycles. The fourth-order valence-corrected chi connectivity index (χ4v) is 2.98. The average Bonchev–Trinajstić information content (AvgIpc) is 2.59. The monoisotopic (exact) mass is 377 g/mol. The van der Waals surface area contributed by atoms with Crippen LogP contribution in [0.25, 0.3) is 0 Å². The lowest BCUT2D eigenvalue weighted by atomic mass is 10.0. The Bertz CT molecular complexity index is 736. The van der Waals surface area contributed by atoms with Crippen molar-refractivity contribution in [3.63, 3.8) is 0 Å². The number of ether oxygens (including phenoxy) is 1. The molecule has 2 aromatic carbocycles. The van der Waals surface area contributed by atoms with E-state index in [-0.39, 0.29) is 6.04 Å². The number of anilines is 1. The van der Waals surface area contributed by atoms with Gasteiger partial charge in [0.2, 0.25) is 0 Å². The van der Waals surface area contributed by atoms with E-state index in [0.29, 0.717) is 16.7 Å². The van der Waals surface area contributed by atoms with Gasteiger partial charge in [-0.3, -0.25) is 0 Å². The van der Waals surface area contributed by atoms with Gasteiger partial charge in [0.15, 0.2) is 5.11 Å². The van der Waals surface area contributed by atoms with Crippen LogP contribution >= 0.6 is 23.8 Å². The van der Waals surface area contributed by atoms with E-state index in [0.717, 1.165) is 22.6 Å². The third-order valence-electron chi connectivity index (χ3n) is 4.09. The van der Waals surface area contributed by atoms with Crippen molar-refractivity contribution in [2.45, 2.75) is 13.0 Å². The first-order valence-electron chi connectivity index (χ1n) is 8.03. The maximum atomic E-state index is 6.16. The summed E-state index contributed by atoms with van der Waals surface area (Å²) in [6, 6.07) is 13.9. The summed E-state index contributed by atoms with van der Waals surface area (Å²) < 4.78 is 5.49. The van der Waals surface area contributed by atoms with E-state index in [1.54, 1.807) is 7.11 Å². The van der Waals surface area contributed by atoms with Crippen molar-refractivity contribution in [3.05, 3.63) is 58.6 Å². The van der Waals surface area contributed by atoms with Crippen molar-refractivity contribution < 1.29 is 4.74 Å². The van der Waals surface area contributed by atoms with E-state index in [1.807, 2.05) is 57.4 Å². The second-order valence-electron chi connectivity index (χ2n) is 5.97. The molecule has 0 aliphatic rings. The fourth-order valence-electron chi connectivity index (χ4n) is 2.61. The van der Waals surface area contributed by atoms with Crippen molar-refractivity contribution in [1.29, 1.82) is 0 Å². The quantitative estimate of drug-likeness (QED) is 0.736. The van der Waals surface area contributed by atoms with Crippen LogP contribution < -0.4 is 15.4 Å². The molecule has 0 aromatic heterocycles. The number of benzene rings is 2. The van der Waals surface area contributed by atoms with Crippen molar-refractivity contribution in [1.82, 2.24) is 10.2 Å². The van der Waals surface area contributed by atoms with Gasteiger partial charge in [0.1, 0.15) is 5.75 Å². The summed E-state index contributed by atoms with van der Waals surface area (Å²) in [5, 5.41) is 7.78. The maximum Gasteiger partial charge on any atom is 0.170 e. The SMILES string of the molecule is COc1ccccc1C(CNC(=S)Nc1cccc(Cl)c1C)N(C)C. The second-order valence-corrected chi connectivity index (χ2v) is 6.78. The first-order valence-corrected chi connectivity index (χ1v) is 8.82. The Labute approximate surface area is 160 Å². The summed E-state index contributed by atoms with van der Waals surface area (Å²) in [5.74, 6) is 0.868. The second kappa shape index (κ2) is 9.04. The van der Waals surface area contributed by atoms with Crippen LogP contribution in [0.1, 0.15) is 17.2 Å². The molecule has 1 atom stereocenters. The van der Waals surface area contributed by atoms with Gasteiger partial charge in [-0.1, -0.05) is 35.9 Å². The Balaban J connectivity index is 2.06. The van der Waals surface area contributed by atoms with E-state index in [4.69, 9.17) is 28.6 Å². The predicted molar refractivity (Wildman–Crippen MR) is 110 cm³/mol. The lowest BCUT2D eigenvalue weighted by Gasteiger charge is -2.27. The summed E-state index contributed by atoms with van der Waals surface area (Å²) in [6.45, 7) is 2.61. The summed E-state index contributed by atoms with van der Waals surface area (Å²) in [4.78, 5) is 2.14. The molecule has 0 spiro atoms. The normalized spacial score (nSPS) is 11.9. The number of para-hydroxylation sites is 1. The van der Waals surface area contributed by atoms with Crippen LogP contribution in [-0.2, 0) is 0 Å². The van der Waals surface area contributed by atoms with Crippen LogP contribution in [0.2, 0.25) is 5.02 Å². The molecule has 0 saturated heterocycles. The van der Waals surface area contributed by atoms with Crippen LogP contribution in [0.3, 0.4) is 0 Å². The van der Waals surface area contributed by atoms with E-state index < -0.39 is 0 Å². The number of likely N-dealkylation sites (N-methyl/N-ethyl adjacent to an activating group) is 1. The minimum Gasteiger partial charge on any atom is -0.496 e. The molecule has 0 fully saturated rings. The topological polar surface area (TPSA) is 36.5 Å². The number of halogens is 1. The highest BCUT2D eigenvalue weighted by atomic mass is 35.5. The predicted octanol–water partition coefficient (Wildman–Crippen LogP) is 4.25. The summed E-state index contributed by atoms with van der Waals surface area (Å²) in [7, 11) is 5.76. The molecule has 0 aliphatic carbocycles. The molecule has 1 unspecified atom stereocenters. The Hall–Kier alpha value is -1.82. The van der Waals surface area contributed by atoms with Crippen LogP contribution in [0.15, 0.2) is 42.5 Å². The molecule has 6 heteroatoms. The van der Waals surface area contributed by atoms with Gasteiger partial charge in [-0.2, -0.15) is 0 Å². The minimum atomic E-state index is 0.122. The largest absolute Gasteiger partial charge is 0.496 e. The molecule has 25 heavy (non-hydrogen) atoms. The lowest BCUT2D eigenvalue weighted by molar-refractivity contribution is 0.288. The zero-order valence-corrected chi connectivity index (χ0v) is 16.5. The first-order chi connectivity index (χ1) is 11.9. The molecular weight excluding hydrogens is 354 g/mol. The van der Waals surface area contributed by atoms with Crippen LogP contribution in [-0.4, -0.2) is 37.8 Å². The van der Waals surface area contributed by atoms with Gasteiger partial charge in [-0.25, -0.2) is 0 Å². The van der Waals surface area contributed by atoms with Gasteiger partial charge < -0.3 is 20.3 Å². The summed E-state index contributed by atoms with van der Waals surface area (Å²) in [5.41, 5.74) is 3.00. The van der Waals surface area contributed by atoms with Crippen molar-refractivity contribution in [2.75, 3.05) is 33.1 Å². The van der Waals surface area contributed by atoms with Gasteiger partial charge in [-0.15, -0.1) is 0 Å². The standard InChI is InChI=1S/C19H24ClN3OS/c1-13-15(20)9-7-10-16(13)22-19(25)21-12-17(23(2)3)14-8-5-6-11-18(14)24-4/h5-11,17H,12H2,1-4H3,(H2,21,22,25). The Morgan fingerprint density at radius 2 is 1.92 bits per heavy atom. The number of hydrogen-bond acceptors (Lipinski definition) is 3. The Morgan fingerprint density at radius 1 is 1.20 bits per heavy atom. The molecule has 0 amide bonds. The molecule has 134 valence electrons. The number of nitrogens with one attached hydrogen (secondary N) is 2. The highest BCUT2D eigenvalue weighted by Gasteiger charge is 2.18. The van der Waals surface area contributed by atoms with Crippen LogP contribution in [0.4, 0.5) is 5.69 Å². The van der Waals surface area contributed by atoms with E-state index in [2.05, 4.69) is 21.6 Å². The Morgan fingerprint density at radius 3 is 2.60 bits per heavy atom. The molecule has 4 nitrogen and oxygen atoms in total. The zero-order valence-electron chi connectivity index (χ0n) is 15.0. The lowest BCUT2D eigenvalue weighted by Crippen LogP contribution is -2.37. The van der Waals surface area contributed by atoms with Crippen molar-refractivity contribution >= 4 is 34.6 Å². The molecule has 0 saturated carbocycles. The molecule has 2 aromatic rings. The average molecular weight is 378 g/mol. The van der Waals surface area contributed by atoms with E-state index in [1.165, 1.54) is 0 Å². The minimum absolute atomic E-state index is 0.122. The van der Waals surface area contributed by atoms with Crippen LogP contribution in [0, 0.1) is 6.92 Å². The van der Waals surface area contributed by atoms with Crippen molar-refractivity contribution in [3.8, 4) is 5.75 Å². The molecule has 0 aliphatic heterocycles. The third-order valence-corrected chi connectivity index (χ3v) is 4.75. The summed E-state index contributed by atoms with van der Waals surface area (Å²) in [6.07, 6.45) is 0. The zero-order chi connectivity index (χ0) is 18.4. The third kappa shape index (κ3) is 5.08. The number of thiocarbonyl (C=S) groups is 1. The Kier molecular flexibility index (Phi) is 7.05. The van der Waals surface area contributed by atoms with Gasteiger partial charge in [0.25, 0.3) is 0 Å². The van der Waals surface area contributed by atoms with Gasteiger partial charge in [-0.05, 0) is 57.0 Å². The number of hydrogen-bond donors (Lipinski definition) is 2. The number of nitrogens with zero attached hydrogens (tertiary/aromatic N) is 1. The molecule has 0 radical (unpaired) electrons. The fraction of sp³-hybridized carbons (Fsp3) is 0.316. The van der Waals surface area contributed by atoms with Gasteiger partial charge in [0, 0.05) is 22.8 Å². The summed E-state index contributed by atoms with van der Waals surface area (Å²) >= 11 is 11.6. The smallest absolute Gasteiger partial charge is 0.170 e. The van der Waals surface area contributed by atoms with E-state index in [9.17, 15) is 0 Å².